The number of likely N-dealkylation sites (tertiary alicyclic amines) is 2. The first-order chi connectivity index (χ1) is 21.7. The number of nitrogens with zero attached hydrogens (tertiary/aromatic N) is 2. The Kier molecular flexibility index (Phi) is 9.79. The van der Waals surface area contributed by atoms with Gasteiger partial charge in [-0.25, -0.2) is 0 Å². The number of amides is 2. The Balaban J connectivity index is 1.37. The van der Waals surface area contributed by atoms with Gasteiger partial charge < -0.3 is 34.5 Å². The van der Waals surface area contributed by atoms with Crippen LogP contribution in [0.1, 0.15) is 47.2 Å². The van der Waals surface area contributed by atoms with Gasteiger partial charge in [-0.05, 0) is 80.7 Å². The Hall–Kier alpha value is -3.95. The van der Waals surface area contributed by atoms with Crippen molar-refractivity contribution in [1.82, 2.24) is 9.80 Å². The molecule has 0 aliphatic carbocycles. The Morgan fingerprint density at radius 3 is 2.00 bits per heavy atom. The molecule has 3 aromatic carbocycles. The number of carbonyl (C=O) groups excluding carboxylic acids is 2. The quantitative estimate of drug-likeness (QED) is 0.314. The maximum Gasteiger partial charge on any atom is 0.254 e. The van der Waals surface area contributed by atoms with Crippen LogP contribution in [-0.4, -0.2) is 82.8 Å². The van der Waals surface area contributed by atoms with E-state index in [1.807, 2.05) is 47.4 Å². The highest BCUT2D eigenvalue weighted by Gasteiger charge is 2.44. The van der Waals surface area contributed by atoms with E-state index in [4.69, 9.17) is 36.3 Å². The van der Waals surface area contributed by atoms with Crippen molar-refractivity contribution in [2.45, 2.75) is 36.5 Å². The number of hydrogen-bond donors (Lipinski definition) is 1. The normalized spacial score (nSPS) is 19.6. The molecule has 0 saturated carbocycles. The van der Waals surface area contributed by atoms with E-state index in [0.717, 1.165) is 43.6 Å². The minimum absolute atomic E-state index is 0.109. The minimum atomic E-state index is -0.657. The molecule has 2 saturated heterocycles. The summed E-state index contributed by atoms with van der Waals surface area (Å²) in [6, 6.07) is 19.2. The van der Waals surface area contributed by atoms with E-state index in [2.05, 4.69) is 11.0 Å². The van der Waals surface area contributed by atoms with Gasteiger partial charge in [0, 0.05) is 24.1 Å². The highest BCUT2D eigenvalue weighted by atomic mass is 35.5. The molecule has 3 aromatic rings. The van der Waals surface area contributed by atoms with Crippen molar-refractivity contribution in [3.63, 3.8) is 0 Å². The molecule has 2 N–H and O–H groups in total. The summed E-state index contributed by atoms with van der Waals surface area (Å²) in [5.41, 5.74) is 7.53. The van der Waals surface area contributed by atoms with Gasteiger partial charge in [0.1, 0.15) is 5.75 Å². The fourth-order valence-electron chi connectivity index (χ4n) is 6.98. The molecule has 45 heavy (non-hydrogen) atoms. The third kappa shape index (κ3) is 6.29. The van der Waals surface area contributed by atoms with Crippen LogP contribution in [0.2, 0.25) is 5.02 Å². The van der Waals surface area contributed by atoms with Crippen molar-refractivity contribution in [3.8, 4) is 23.0 Å². The monoisotopic (exact) mass is 635 g/mol. The number of benzene rings is 3. The standard InChI is InChI=1S/C35H42ClN3O6/c1-42-28-11-10-26(22-27(28)36)34(12-16-38-17-14-35(15-18-38,33(37)41)25-8-6-5-7-9-25)13-19-39(23-34)32(40)24-20-29(43-2)31(45-4)30(21-24)44-3/h5-11,20-22H,12-19,23H2,1-4H3,(H2,37,41). The fourth-order valence-corrected chi connectivity index (χ4v) is 7.24. The van der Waals surface area contributed by atoms with Crippen LogP contribution in [0.5, 0.6) is 23.0 Å². The number of hydrogen-bond acceptors (Lipinski definition) is 7. The fraction of sp³-hybridized carbons (Fsp3) is 0.429. The van der Waals surface area contributed by atoms with Crippen LogP contribution in [0.25, 0.3) is 0 Å². The number of halogens is 1. The van der Waals surface area contributed by atoms with Crippen molar-refractivity contribution in [3.05, 3.63) is 82.4 Å². The SMILES string of the molecule is COc1ccc(C2(CCN3CCC(C(N)=O)(c4ccccc4)CC3)CCN(C(=O)c3cc(OC)c(OC)c(OC)c3)C2)cc1Cl. The van der Waals surface area contributed by atoms with Crippen molar-refractivity contribution in [2.24, 2.45) is 5.73 Å². The van der Waals surface area contributed by atoms with Crippen molar-refractivity contribution < 1.29 is 28.5 Å². The van der Waals surface area contributed by atoms with Gasteiger partial charge in [0.15, 0.2) is 11.5 Å². The first-order valence-electron chi connectivity index (χ1n) is 15.2. The Labute approximate surface area is 270 Å². The summed E-state index contributed by atoms with van der Waals surface area (Å²) in [6.07, 6.45) is 2.91. The summed E-state index contributed by atoms with van der Waals surface area (Å²) >= 11 is 6.63. The largest absolute Gasteiger partial charge is 0.495 e. The molecule has 10 heteroatoms. The van der Waals surface area contributed by atoms with Crippen LogP contribution in [0.15, 0.2) is 60.7 Å². The predicted octanol–water partition coefficient (Wildman–Crippen LogP) is 5.07. The molecule has 2 heterocycles. The molecule has 0 aromatic heterocycles. The lowest BCUT2D eigenvalue weighted by atomic mass is 9.71. The molecule has 1 unspecified atom stereocenters. The predicted molar refractivity (Wildman–Crippen MR) is 174 cm³/mol. The van der Waals surface area contributed by atoms with Crippen molar-refractivity contribution in [2.75, 3.05) is 61.2 Å². The summed E-state index contributed by atoms with van der Waals surface area (Å²) < 4.78 is 21.9. The zero-order chi connectivity index (χ0) is 32.2. The third-order valence-electron chi connectivity index (χ3n) is 9.73. The average molecular weight is 636 g/mol. The van der Waals surface area contributed by atoms with Crippen LogP contribution < -0.4 is 24.7 Å². The van der Waals surface area contributed by atoms with Gasteiger partial charge in [-0.2, -0.15) is 0 Å². The summed E-state index contributed by atoms with van der Waals surface area (Å²) in [4.78, 5) is 30.9. The van der Waals surface area contributed by atoms with Gasteiger partial charge in [-0.1, -0.05) is 48.0 Å². The number of primary amides is 1. The molecule has 2 aliphatic rings. The van der Waals surface area contributed by atoms with E-state index in [1.54, 1.807) is 19.2 Å². The number of carbonyl (C=O) groups is 2. The van der Waals surface area contributed by atoms with Gasteiger partial charge in [-0.15, -0.1) is 0 Å². The topological polar surface area (TPSA) is 104 Å². The number of methoxy groups -OCH3 is 4. The van der Waals surface area contributed by atoms with Crippen LogP contribution >= 0.6 is 11.6 Å². The molecule has 9 nitrogen and oxygen atoms in total. The zero-order valence-electron chi connectivity index (χ0n) is 26.4. The van der Waals surface area contributed by atoms with Gasteiger partial charge >= 0.3 is 0 Å². The average Bonchev–Trinajstić information content (AvgIpc) is 3.52. The Morgan fingerprint density at radius 1 is 0.800 bits per heavy atom. The van der Waals surface area contributed by atoms with Crippen molar-refractivity contribution in [1.29, 1.82) is 0 Å². The molecule has 1 atom stereocenters. The number of piperidine rings is 1. The van der Waals surface area contributed by atoms with Gasteiger partial charge in [0.25, 0.3) is 5.91 Å². The van der Waals surface area contributed by atoms with Crippen molar-refractivity contribution >= 4 is 23.4 Å². The van der Waals surface area contributed by atoms with Crippen LogP contribution in [0, 0.1) is 0 Å². The highest BCUT2D eigenvalue weighted by molar-refractivity contribution is 6.32. The molecule has 0 spiro atoms. The molecule has 2 fully saturated rings. The second kappa shape index (κ2) is 13.6. The van der Waals surface area contributed by atoms with Crippen LogP contribution in [-0.2, 0) is 15.6 Å². The first-order valence-corrected chi connectivity index (χ1v) is 15.6. The van der Waals surface area contributed by atoms with Crippen LogP contribution in [0.3, 0.4) is 0 Å². The summed E-state index contributed by atoms with van der Waals surface area (Å²) in [5.74, 6) is 1.53. The summed E-state index contributed by atoms with van der Waals surface area (Å²) in [7, 11) is 6.21. The van der Waals surface area contributed by atoms with E-state index in [9.17, 15) is 9.59 Å². The van der Waals surface area contributed by atoms with E-state index in [0.29, 0.717) is 59.5 Å². The van der Waals surface area contributed by atoms with E-state index in [-0.39, 0.29) is 17.2 Å². The van der Waals surface area contributed by atoms with Gasteiger partial charge in [0.2, 0.25) is 11.7 Å². The van der Waals surface area contributed by atoms with E-state index < -0.39 is 5.41 Å². The second-order valence-electron chi connectivity index (χ2n) is 11.9. The lowest BCUT2D eigenvalue weighted by molar-refractivity contribution is -0.125. The maximum atomic E-state index is 13.9. The molecule has 240 valence electrons. The zero-order valence-corrected chi connectivity index (χ0v) is 27.2. The van der Waals surface area contributed by atoms with Gasteiger partial charge in [-0.3, -0.25) is 9.59 Å². The molecular weight excluding hydrogens is 594 g/mol. The smallest absolute Gasteiger partial charge is 0.254 e. The number of nitrogens with two attached hydrogens (primary N) is 1. The Bertz CT molecular complexity index is 1500. The lowest BCUT2D eigenvalue weighted by Gasteiger charge is -2.41. The minimum Gasteiger partial charge on any atom is -0.495 e. The molecule has 2 aliphatic heterocycles. The molecule has 0 radical (unpaired) electrons. The summed E-state index contributed by atoms with van der Waals surface area (Å²) in [6.45, 7) is 3.42. The number of ether oxygens (including phenoxy) is 4. The summed E-state index contributed by atoms with van der Waals surface area (Å²) in [5, 5.41) is 0.538. The lowest BCUT2D eigenvalue weighted by Crippen LogP contribution is -2.50. The maximum absolute atomic E-state index is 13.9. The van der Waals surface area contributed by atoms with Gasteiger partial charge in [0.05, 0.1) is 38.9 Å². The van der Waals surface area contributed by atoms with Crippen LogP contribution in [0.4, 0.5) is 0 Å². The molecule has 5 rings (SSSR count). The first kappa shape index (κ1) is 32.4. The second-order valence-corrected chi connectivity index (χ2v) is 12.3. The molecule has 0 bridgehead atoms. The molecule has 2 amide bonds. The van der Waals surface area contributed by atoms with E-state index in [1.165, 1.54) is 21.3 Å². The van der Waals surface area contributed by atoms with E-state index >= 15 is 0 Å². The Morgan fingerprint density at radius 2 is 1.44 bits per heavy atom. The third-order valence-corrected chi connectivity index (χ3v) is 10.0. The number of rotatable bonds is 11. The highest BCUT2D eigenvalue weighted by Crippen LogP contribution is 2.43. The molecular formula is C35H42ClN3O6.